The molecule has 0 saturated carbocycles. The van der Waals surface area contributed by atoms with Crippen LogP contribution in [-0.4, -0.2) is 137 Å². The number of rotatable bonds is 19. The van der Waals surface area contributed by atoms with Crippen LogP contribution in [0.2, 0.25) is 0 Å². The highest BCUT2D eigenvalue weighted by molar-refractivity contribution is 8.08. The number of likely N-dealkylation sites (N-methyl/N-ethyl adjacent to an activating group) is 1. The van der Waals surface area contributed by atoms with E-state index >= 15 is 0 Å². The summed E-state index contributed by atoms with van der Waals surface area (Å²) in [6.07, 6.45) is -1.07. The number of aliphatic hydroxyl groups is 1. The molecule has 10 N–H and O–H groups in total. The molecule has 33 heteroatoms. The molecule has 28 nitrogen and oxygen atoms in total. The van der Waals surface area contributed by atoms with Crippen LogP contribution >= 0.6 is 22.4 Å². The molecule has 4 aromatic rings. The zero-order valence-corrected chi connectivity index (χ0v) is 45.8. The average Bonchev–Trinajstić information content (AvgIpc) is 3.85. The minimum absolute atomic E-state index is 0.0265. The third-order valence-corrected chi connectivity index (χ3v) is 17.7. The number of aliphatic hydroxyl groups excluding tert-OH is 1. The number of phosphoric acid groups is 2. The molecular weight excluding hydrogens is 1100 g/mol. The summed E-state index contributed by atoms with van der Waals surface area (Å²) in [7, 11) is -15.7. The molecule has 2 aromatic heterocycles. The van der Waals surface area contributed by atoms with Gasteiger partial charge in [-0.25, -0.2) is 42.8 Å². The first-order valence-corrected chi connectivity index (χ1v) is 30.5. The van der Waals surface area contributed by atoms with Crippen LogP contribution in [0.4, 0.5) is 22.0 Å². The quantitative estimate of drug-likeness (QED) is 0.0248. The fraction of sp³-hybridized carbons (Fsp3) is 0.465. The first kappa shape index (κ1) is 57.1. The van der Waals surface area contributed by atoms with Gasteiger partial charge in [0.1, 0.15) is 47.4 Å². The molecule has 6 atom stereocenters. The summed E-state index contributed by atoms with van der Waals surface area (Å²) in [5.74, 6) is -0.0713. The Labute approximate surface area is 439 Å². The van der Waals surface area contributed by atoms with Gasteiger partial charge in [0, 0.05) is 63.6 Å². The standard InChI is InChI=1S/C43H55N10O18P3S2/c1-7-52-29-15-31-27(13-25(29)23(2)17-42(52,3)4)50-28-14-26-24(20-76(63,64)65)18-43(5,6)53(30(26)16-32(28)67-31)12-8-9-34(54)45-10-11-46-41(56)69-37-36(55)33(19-66-72(57,58)70-73(59,60)71-74(61,62)75)68-40(37)51-22-49-35-38(44)47-21-48-39(35)51/h13-18,21-22,33,36-37,40,55H,7-12,19-20H2,1-6H3,(H8-,44,45,46,47,48,54,56,57,58,59,60,61,62,63,64,65,75)/p+1/t33-,36-,37-,40-/m1/s1. The number of ether oxygens (including phenoxy) is 3. The van der Waals surface area contributed by atoms with E-state index in [1.54, 1.807) is 18.2 Å². The van der Waals surface area contributed by atoms with Gasteiger partial charge in [0.2, 0.25) is 11.3 Å². The molecule has 0 spiro atoms. The Morgan fingerprint density at radius 3 is 2.39 bits per heavy atom. The molecule has 0 bridgehead atoms. The number of allylic oxidation sites excluding steroid dienone is 1. The number of phosphoric ester groups is 1. The van der Waals surface area contributed by atoms with E-state index in [9.17, 15) is 56.4 Å². The molecular formula is C43H56N10O18P3S2+. The SMILES string of the molecule is CCN1c2cc3c(cc2C(C)=CC1(C)C)N=c1cc2c(cc1O3)=[N+](CCCC(=O)NCCNC(=O)O[C@@H]1[C@H](O)[C@@H](COP(=O)(O)OP(=O)(O)OP(O)(O)=S)O[C@H]1n1cnc3c(N)ncnc31)C(C)(C)C=C2CS(=O)(=O)O. The number of nitrogens with zero attached hydrogens (tertiary/aromatic N) is 7. The third kappa shape index (κ3) is 12.7. The number of imidazole rings is 1. The van der Waals surface area contributed by atoms with Crippen molar-refractivity contribution in [3.8, 4) is 11.5 Å². The van der Waals surface area contributed by atoms with Crippen LogP contribution in [0.1, 0.15) is 71.7 Å². The van der Waals surface area contributed by atoms with Crippen LogP contribution in [0.5, 0.6) is 11.5 Å². The maximum absolute atomic E-state index is 13.2. The lowest BCUT2D eigenvalue weighted by molar-refractivity contribution is -0.121. The first-order chi connectivity index (χ1) is 35.3. The number of aromatic nitrogens is 4. The molecule has 76 heavy (non-hydrogen) atoms. The van der Waals surface area contributed by atoms with E-state index in [2.05, 4.69) is 84.7 Å². The summed E-state index contributed by atoms with van der Waals surface area (Å²) in [6, 6.07) is 7.52. The minimum atomic E-state index is -5.67. The summed E-state index contributed by atoms with van der Waals surface area (Å²) in [4.78, 5) is 83.8. The zero-order valence-electron chi connectivity index (χ0n) is 41.5. The fourth-order valence-corrected chi connectivity index (χ4v) is 14.1. The number of carbonyl (C=O) groups excluding carboxylic acids is 2. The number of nitrogens with two attached hydrogens (primary N) is 1. The first-order valence-electron chi connectivity index (χ1n) is 23.3. The average molecular weight is 1160 g/mol. The van der Waals surface area contributed by atoms with Gasteiger partial charge in [0.15, 0.2) is 40.8 Å². The second-order valence-electron chi connectivity index (χ2n) is 19.1. The number of fused-ring (bicyclic) bond motifs is 5. The summed E-state index contributed by atoms with van der Waals surface area (Å²) < 4.78 is 93.0. The smallest absolute Gasteiger partial charge is 0.452 e. The molecule has 0 aliphatic carbocycles. The van der Waals surface area contributed by atoms with Gasteiger partial charge in [-0.15, -0.1) is 0 Å². The van der Waals surface area contributed by atoms with Gasteiger partial charge in [-0.05, 0) is 68.9 Å². The molecule has 1 fully saturated rings. The second kappa shape index (κ2) is 21.3. The Morgan fingerprint density at radius 1 is 0.974 bits per heavy atom. The van der Waals surface area contributed by atoms with Gasteiger partial charge in [-0.1, -0.05) is 6.08 Å². The Kier molecular flexibility index (Phi) is 16.0. The number of alkyl carbamates (subject to hydrolysis) is 1. The Morgan fingerprint density at radius 2 is 1.70 bits per heavy atom. The van der Waals surface area contributed by atoms with Gasteiger partial charge in [0.05, 0.1) is 30.1 Å². The number of nitrogens with one attached hydrogen (secondary N) is 2. The Hall–Kier alpha value is -5.13. The molecule has 4 aliphatic heterocycles. The van der Waals surface area contributed by atoms with Gasteiger partial charge in [-0.2, -0.15) is 12.7 Å². The van der Waals surface area contributed by atoms with E-state index in [1.807, 2.05) is 30.6 Å². The van der Waals surface area contributed by atoms with Gasteiger partial charge >= 0.3 is 28.5 Å². The number of carbonyl (C=O) groups is 2. The summed E-state index contributed by atoms with van der Waals surface area (Å²) >= 11 is 4.09. The van der Waals surface area contributed by atoms with Gasteiger partial charge in [-0.3, -0.25) is 18.4 Å². The highest BCUT2D eigenvalue weighted by Gasteiger charge is 2.50. The Bertz CT molecular complexity index is 3480. The van der Waals surface area contributed by atoms with Crippen LogP contribution in [0.15, 0.2) is 54.1 Å². The van der Waals surface area contributed by atoms with Crippen molar-refractivity contribution >= 4 is 95.8 Å². The predicted molar refractivity (Wildman–Crippen MR) is 275 cm³/mol. The number of amides is 2. The number of anilines is 2. The number of hydrogen-bond donors (Lipinski definition) is 9. The van der Waals surface area contributed by atoms with Crippen LogP contribution in [0.3, 0.4) is 0 Å². The molecule has 4 aliphatic rings. The van der Waals surface area contributed by atoms with Crippen molar-refractivity contribution in [3.05, 3.63) is 70.9 Å². The predicted octanol–water partition coefficient (Wildman–Crippen LogP) is 2.45. The molecule has 2 unspecified atom stereocenters. The largest absolute Gasteiger partial charge is 0.488 e. The van der Waals surface area contributed by atoms with E-state index in [1.165, 1.54) is 10.9 Å². The summed E-state index contributed by atoms with van der Waals surface area (Å²) in [5.41, 5.74) is 9.65. The second-order valence-corrected chi connectivity index (χ2v) is 26.4. The zero-order chi connectivity index (χ0) is 55.5. The van der Waals surface area contributed by atoms with Gasteiger partial charge < -0.3 is 60.2 Å². The Balaban J connectivity index is 0.918. The number of hydrogen-bond acceptors (Lipinski definition) is 20. The van der Waals surface area contributed by atoms with Crippen molar-refractivity contribution in [3.63, 3.8) is 0 Å². The number of nitrogen functional groups attached to an aromatic ring is 1. The van der Waals surface area contributed by atoms with E-state index in [4.69, 9.17) is 29.5 Å². The summed E-state index contributed by atoms with van der Waals surface area (Å²) in [6.45, 7) is 7.11. The van der Waals surface area contributed by atoms with Crippen molar-refractivity contribution in [2.45, 2.75) is 90.0 Å². The van der Waals surface area contributed by atoms with Crippen molar-refractivity contribution in [1.29, 1.82) is 0 Å². The van der Waals surface area contributed by atoms with Crippen molar-refractivity contribution in [2.75, 3.05) is 49.2 Å². The van der Waals surface area contributed by atoms with Gasteiger partial charge in [0.25, 0.3) is 10.1 Å². The normalized spacial score (nSPS) is 22.1. The molecule has 2 aromatic carbocycles. The minimum Gasteiger partial charge on any atom is -0.452 e. The molecule has 412 valence electrons. The van der Waals surface area contributed by atoms with Crippen molar-refractivity contribution < 1.29 is 83.7 Å². The molecule has 1 saturated heterocycles. The third-order valence-electron chi connectivity index (χ3n) is 12.6. The monoisotopic (exact) mass is 1160 g/mol. The van der Waals surface area contributed by atoms with Crippen LogP contribution in [-0.2, 0) is 58.5 Å². The molecule has 6 heterocycles. The van der Waals surface area contributed by atoms with E-state index in [0.717, 1.165) is 29.7 Å². The van der Waals surface area contributed by atoms with Crippen molar-refractivity contribution in [2.24, 2.45) is 4.99 Å². The maximum atomic E-state index is 13.2. The molecule has 0 radical (unpaired) electrons. The lowest BCUT2D eigenvalue weighted by Gasteiger charge is -2.43. The highest BCUT2D eigenvalue weighted by Crippen LogP contribution is 2.66. The number of benzene rings is 2. The lowest BCUT2D eigenvalue weighted by atomic mass is 9.88. The topological polar surface area (TPSA) is 391 Å². The molecule has 2 amide bonds. The van der Waals surface area contributed by atoms with Crippen LogP contribution in [0, 0.1) is 0 Å². The fourth-order valence-electron chi connectivity index (χ4n) is 9.66. The van der Waals surface area contributed by atoms with Crippen LogP contribution in [0.25, 0.3) is 22.3 Å². The molecule has 8 rings (SSSR count). The van der Waals surface area contributed by atoms with E-state index in [-0.39, 0.29) is 47.9 Å². The maximum Gasteiger partial charge on any atom is 0.488 e. The van der Waals surface area contributed by atoms with E-state index in [0.29, 0.717) is 52.0 Å². The lowest BCUT2D eigenvalue weighted by Crippen LogP contribution is -2.50. The van der Waals surface area contributed by atoms with E-state index < -0.39 is 81.0 Å². The van der Waals surface area contributed by atoms with Crippen LogP contribution < -0.4 is 41.3 Å². The van der Waals surface area contributed by atoms with Crippen molar-refractivity contribution in [1.82, 2.24) is 34.7 Å². The summed E-state index contributed by atoms with van der Waals surface area (Å²) in [5, 5.41) is 17.5. The highest BCUT2D eigenvalue weighted by atomic mass is 32.5.